The number of hydrogen-bond acceptors (Lipinski definition) is 4. The van der Waals surface area contributed by atoms with Crippen LogP contribution >= 0.6 is 35.7 Å². The molecule has 2 aromatic heterocycles. The lowest BCUT2D eigenvalue weighted by Crippen LogP contribution is -2.40. The van der Waals surface area contributed by atoms with Crippen molar-refractivity contribution in [1.29, 1.82) is 0 Å². The van der Waals surface area contributed by atoms with Crippen LogP contribution in [0.3, 0.4) is 0 Å². The highest BCUT2D eigenvalue weighted by atomic mass is 127. The van der Waals surface area contributed by atoms with Gasteiger partial charge in [-0.15, -0.1) is 35.7 Å². The lowest BCUT2D eigenvalue weighted by Gasteiger charge is -2.15. The smallest absolute Gasteiger partial charge is 0.191 e. The first kappa shape index (κ1) is 25.2. The molecule has 1 aromatic carbocycles. The van der Waals surface area contributed by atoms with Gasteiger partial charge in [-0.3, -0.25) is 0 Å². The molecular weight excluding hydrogens is 519 g/mol. The maximum atomic E-state index is 4.71. The van der Waals surface area contributed by atoms with E-state index in [4.69, 9.17) is 4.99 Å². The van der Waals surface area contributed by atoms with Gasteiger partial charge in [-0.1, -0.05) is 31.2 Å². The van der Waals surface area contributed by atoms with E-state index in [2.05, 4.69) is 64.9 Å². The Balaban J connectivity index is 0.00000341. The zero-order valence-electron chi connectivity index (χ0n) is 18.5. The van der Waals surface area contributed by atoms with E-state index in [0.29, 0.717) is 11.8 Å². The van der Waals surface area contributed by atoms with E-state index in [1.165, 1.54) is 4.90 Å². The van der Waals surface area contributed by atoms with E-state index in [1.807, 2.05) is 54.7 Å². The number of nitrogens with one attached hydrogen (secondary N) is 2. The molecule has 0 spiro atoms. The fraction of sp³-hybridized carbons (Fsp3) is 0.348. The first-order valence-electron chi connectivity index (χ1n) is 10.3. The van der Waals surface area contributed by atoms with E-state index in [1.54, 1.807) is 0 Å². The summed E-state index contributed by atoms with van der Waals surface area (Å²) in [6.45, 7) is 10.5. The summed E-state index contributed by atoms with van der Waals surface area (Å²) in [5.74, 6) is 1.64. The van der Waals surface area contributed by atoms with Gasteiger partial charge in [-0.2, -0.15) is 5.10 Å². The van der Waals surface area contributed by atoms with Crippen LogP contribution in [0.15, 0.2) is 64.6 Å². The van der Waals surface area contributed by atoms with E-state index >= 15 is 0 Å². The molecule has 0 aliphatic rings. The summed E-state index contributed by atoms with van der Waals surface area (Å²) >= 11 is 1.86. The highest BCUT2D eigenvalue weighted by Gasteiger charge is 2.07. The standard InChI is InChI=1S/C23H30N6S.HI/c1-5-24-23(26-14-19(4)30-21-9-7-6-8-10-21)27-16-20-11-12-22(25-15-20)29-18(3)13-17(2)28-29;/h6-13,15,19H,5,14,16H2,1-4H3,(H2,24,26,27);1H. The normalized spacial score (nSPS) is 12.2. The minimum atomic E-state index is 0. The molecule has 1 atom stereocenters. The Morgan fingerprint density at radius 1 is 1.13 bits per heavy atom. The summed E-state index contributed by atoms with van der Waals surface area (Å²) in [5.41, 5.74) is 3.13. The monoisotopic (exact) mass is 550 g/mol. The number of thioether (sulfide) groups is 1. The number of nitrogens with zero attached hydrogens (tertiary/aromatic N) is 4. The Hall–Kier alpha value is -2.07. The van der Waals surface area contributed by atoms with Crippen LogP contribution in [0.5, 0.6) is 0 Å². The molecule has 0 radical (unpaired) electrons. The second-order valence-electron chi connectivity index (χ2n) is 7.18. The average molecular weight is 551 g/mol. The molecular formula is C23H31IN6S. The maximum Gasteiger partial charge on any atom is 0.191 e. The quantitative estimate of drug-likeness (QED) is 0.184. The number of benzene rings is 1. The molecule has 0 bridgehead atoms. The number of guanidine groups is 1. The van der Waals surface area contributed by atoms with Gasteiger partial charge in [0.15, 0.2) is 11.8 Å². The van der Waals surface area contributed by atoms with Gasteiger partial charge >= 0.3 is 0 Å². The third-order valence-electron chi connectivity index (χ3n) is 4.44. The van der Waals surface area contributed by atoms with Crippen LogP contribution in [0.4, 0.5) is 0 Å². The van der Waals surface area contributed by atoms with E-state index < -0.39 is 0 Å². The molecule has 0 saturated heterocycles. The number of halogens is 1. The number of aromatic nitrogens is 3. The van der Waals surface area contributed by atoms with Gasteiger partial charge in [0.2, 0.25) is 0 Å². The van der Waals surface area contributed by atoms with E-state index in [9.17, 15) is 0 Å². The van der Waals surface area contributed by atoms with Gasteiger partial charge in [0.25, 0.3) is 0 Å². The van der Waals surface area contributed by atoms with Crippen LogP contribution in [0.2, 0.25) is 0 Å². The molecule has 8 heteroatoms. The highest BCUT2D eigenvalue weighted by Crippen LogP contribution is 2.21. The van der Waals surface area contributed by atoms with Crippen LogP contribution in [0.25, 0.3) is 5.82 Å². The Labute approximate surface area is 206 Å². The molecule has 0 aliphatic carbocycles. The SMILES string of the molecule is CCNC(=NCc1ccc(-n2nc(C)cc2C)nc1)NCC(C)Sc1ccccc1.I. The Bertz CT molecular complexity index is 956. The van der Waals surface area contributed by atoms with Gasteiger partial charge < -0.3 is 10.6 Å². The molecule has 3 rings (SSSR count). The van der Waals surface area contributed by atoms with Crippen molar-refractivity contribution >= 4 is 41.7 Å². The third-order valence-corrected chi connectivity index (χ3v) is 5.55. The predicted molar refractivity (Wildman–Crippen MR) is 141 cm³/mol. The zero-order valence-corrected chi connectivity index (χ0v) is 21.6. The van der Waals surface area contributed by atoms with Crippen molar-refractivity contribution in [2.45, 2.75) is 44.4 Å². The summed E-state index contributed by atoms with van der Waals surface area (Å²) in [6, 6.07) is 16.6. The average Bonchev–Trinajstić information content (AvgIpc) is 3.09. The first-order chi connectivity index (χ1) is 14.5. The fourth-order valence-electron chi connectivity index (χ4n) is 3.02. The topological polar surface area (TPSA) is 67.1 Å². The van der Waals surface area contributed by atoms with Crippen LogP contribution in [0.1, 0.15) is 30.8 Å². The predicted octanol–water partition coefficient (Wildman–Crippen LogP) is 4.74. The molecule has 6 nitrogen and oxygen atoms in total. The third kappa shape index (κ3) is 7.84. The minimum Gasteiger partial charge on any atom is -0.357 e. The molecule has 0 saturated carbocycles. The highest BCUT2D eigenvalue weighted by molar-refractivity contribution is 14.0. The largest absolute Gasteiger partial charge is 0.357 e. The molecule has 1 unspecified atom stereocenters. The van der Waals surface area contributed by atoms with Crippen LogP contribution in [-0.4, -0.2) is 39.1 Å². The Kier molecular flexibility index (Phi) is 10.3. The summed E-state index contributed by atoms with van der Waals surface area (Å²) in [6.07, 6.45) is 1.87. The lowest BCUT2D eigenvalue weighted by atomic mass is 10.3. The number of pyridine rings is 1. The lowest BCUT2D eigenvalue weighted by molar-refractivity contribution is 0.791. The Morgan fingerprint density at radius 3 is 2.52 bits per heavy atom. The van der Waals surface area contributed by atoms with E-state index in [-0.39, 0.29) is 24.0 Å². The molecule has 2 N–H and O–H groups in total. The minimum absolute atomic E-state index is 0. The van der Waals surface area contributed by atoms with Crippen molar-refractivity contribution in [2.24, 2.45) is 4.99 Å². The second kappa shape index (κ2) is 12.7. The van der Waals surface area contributed by atoms with Crippen molar-refractivity contribution in [3.63, 3.8) is 0 Å². The van der Waals surface area contributed by atoms with E-state index in [0.717, 1.165) is 41.8 Å². The van der Waals surface area contributed by atoms with Gasteiger partial charge in [0.05, 0.1) is 12.2 Å². The molecule has 3 aromatic rings. The molecule has 0 aliphatic heterocycles. The van der Waals surface area contributed by atoms with Crippen LogP contribution in [0, 0.1) is 13.8 Å². The number of aryl methyl sites for hydroxylation is 2. The van der Waals surface area contributed by atoms with Gasteiger partial charge in [0, 0.05) is 35.1 Å². The van der Waals surface area contributed by atoms with Crippen molar-refractivity contribution in [3.8, 4) is 5.82 Å². The molecule has 166 valence electrons. The molecule has 0 fully saturated rings. The van der Waals surface area contributed by atoms with Crippen LogP contribution in [-0.2, 0) is 6.54 Å². The summed E-state index contributed by atoms with van der Waals surface area (Å²) in [4.78, 5) is 10.5. The first-order valence-corrected chi connectivity index (χ1v) is 11.2. The maximum absolute atomic E-state index is 4.71. The van der Waals surface area contributed by atoms with Gasteiger partial charge in [0.1, 0.15) is 0 Å². The van der Waals surface area contributed by atoms with Crippen molar-refractivity contribution < 1.29 is 0 Å². The zero-order chi connectivity index (χ0) is 21.3. The van der Waals surface area contributed by atoms with Gasteiger partial charge in [-0.25, -0.2) is 14.7 Å². The molecule has 31 heavy (non-hydrogen) atoms. The number of hydrogen-bond donors (Lipinski definition) is 2. The summed E-state index contributed by atoms with van der Waals surface area (Å²) < 4.78 is 1.86. The summed E-state index contributed by atoms with van der Waals surface area (Å²) in [5, 5.41) is 11.7. The van der Waals surface area contributed by atoms with Crippen LogP contribution < -0.4 is 10.6 Å². The summed E-state index contributed by atoms with van der Waals surface area (Å²) in [7, 11) is 0. The second-order valence-corrected chi connectivity index (χ2v) is 8.69. The Morgan fingerprint density at radius 2 is 1.90 bits per heavy atom. The van der Waals surface area contributed by atoms with Crippen molar-refractivity contribution in [3.05, 3.63) is 71.7 Å². The van der Waals surface area contributed by atoms with Crippen molar-refractivity contribution in [2.75, 3.05) is 13.1 Å². The number of aliphatic imine (C=N–C) groups is 1. The van der Waals surface area contributed by atoms with Crippen molar-refractivity contribution in [1.82, 2.24) is 25.4 Å². The number of rotatable bonds is 8. The molecule has 0 amide bonds. The van der Waals surface area contributed by atoms with Gasteiger partial charge in [-0.05, 0) is 50.6 Å². The molecule has 2 heterocycles. The fourth-order valence-corrected chi connectivity index (χ4v) is 3.97.